The average Bonchev–Trinajstić information content (AvgIpc) is 3.37. The molecule has 1 aliphatic rings. The highest BCUT2D eigenvalue weighted by atomic mass is 32.1. The minimum absolute atomic E-state index is 0.0833. The Morgan fingerprint density at radius 2 is 2.07 bits per heavy atom. The molecule has 7 heteroatoms. The van der Waals surface area contributed by atoms with Gasteiger partial charge in [-0.05, 0) is 42.1 Å². The lowest BCUT2D eigenvalue weighted by molar-refractivity contribution is -0.140. The fourth-order valence-electron chi connectivity index (χ4n) is 3.53. The van der Waals surface area contributed by atoms with Crippen LogP contribution in [0.1, 0.15) is 29.0 Å². The Kier molecular flexibility index (Phi) is 5.63. The quantitative estimate of drug-likeness (QED) is 0.368. The molecule has 0 saturated carbocycles. The molecule has 3 heterocycles. The number of pyridine rings is 1. The molecule has 6 nitrogen and oxygen atoms in total. The Labute approximate surface area is 178 Å². The number of carbonyl (C=O) groups excluding carboxylic acids is 2. The first-order valence-electron chi connectivity index (χ1n) is 9.54. The third-order valence-corrected chi connectivity index (χ3v) is 5.77. The molecule has 0 aliphatic carbocycles. The summed E-state index contributed by atoms with van der Waals surface area (Å²) in [6.07, 6.45) is 3.32. The predicted octanol–water partition coefficient (Wildman–Crippen LogP) is 4.16. The van der Waals surface area contributed by atoms with Gasteiger partial charge in [0.15, 0.2) is 0 Å². The molecule has 152 valence electrons. The molecule has 1 aromatic carbocycles. The molecule has 1 fully saturated rings. The summed E-state index contributed by atoms with van der Waals surface area (Å²) in [6, 6.07) is 13.6. The van der Waals surface area contributed by atoms with Crippen LogP contribution < -0.4 is 4.74 Å². The Morgan fingerprint density at radius 3 is 2.77 bits per heavy atom. The number of thiophene rings is 1. The second kappa shape index (κ2) is 8.51. The Morgan fingerprint density at radius 1 is 1.20 bits per heavy atom. The van der Waals surface area contributed by atoms with E-state index in [1.807, 2.05) is 30.5 Å². The Balaban J connectivity index is 1.81. The molecular formula is C23H20N2O4S. The molecule has 30 heavy (non-hydrogen) atoms. The van der Waals surface area contributed by atoms with E-state index in [1.54, 1.807) is 42.7 Å². The van der Waals surface area contributed by atoms with Gasteiger partial charge in [0.25, 0.3) is 11.7 Å². The van der Waals surface area contributed by atoms with Gasteiger partial charge in [-0.2, -0.15) is 0 Å². The maximum Gasteiger partial charge on any atom is 0.295 e. The Hall–Kier alpha value is -3.45. The summed E-state index contributed by atoms with van der Waals surface area (Å²) in [6.45, 7) is 2.57. The molecular weight excluding hydrogens is 400 g/mol. The minimum atomic E-state index is -0.698. The van der Waals surface area contributed by atoms with E-state index in [0.29, 0.717) is 17.9 Å². The number of carbonyl (C=O) groups is 2. The number of nitrogens with zero attached hydrogens (tertiary/aromatic N) is 2. The predicted molar refractivity (Wildman–Crippen MR) is 114 cm³/mol. The van der Waals surface area contributed by atoms with E-state index in [-0.39, 0.29) is 17.9 Å². The van der Waals surface area contributed by atoms with Crippen molar-refractivity contribution in [1.82, 2.24) is 9.88 Å². The molecule has 3 aromatic rings. The third kappa shape index (κ3) is 3.71. The molecule has 0 bridgehead atoms. The van der Waals surface area contributed by atoms with Crippen molar-refractivity contribution in [1.29, 1.82) is 0 Å². The van der Waals surface area contributed by atoms with E-state index in [1.165, 1.54) is 16.2 Å². The van der Waals surface area contributed by atoms with Gasteiger partial charge in [-0.25, -0.2) is 0 Å². The van der Waals surface area contributed by atoms with Crippen LogP contribution in [0.4, 0.5) is 0 Å². The maximum atomic E-state index is 13.0. The first kappa shape index (κ1) is 19.8. The van der Waals surface area contributed by atoms with Gasteiger partial charge >= 0.3 is 0 Å². The smallest absolute Gasteiger partial charge is 0.295 e. The summed E-state index contributed by atoms with van der Waals surface area (Å²) in [7, 11) is 0. The summed E-state index contributed by atoms with van der Waals surface area (Å²) in [5, 5.41) is 13.0. The van der Waals surface area contributed by atoms with Crippen LogP contribution in [-0.4, -0.2) is 33.3 Å². The zero-order chi connectivity index (χ0) is 21.1. The second-order valence-corrected chi connectivity index (χ2v) is 7.74. The highest BCUT2D eigenvalue weighted by Crippen LogP contribution is 2.42. The van der Waals surface area contributed by atoms with E-state index in [4.69, 9.17) is 4.74 Å². The number of aliphatic hydroxyl groups excluding tert-OH is 1. The molecule has 1 aliphatic heterocycles. The van der Waals surface area contributed by atoms with Crippen molar-refractivity contribution in [2.45, 2.75) is 19.5 Å². The van der Waals surface area contributed by atoms with E-state index in [2.05, 4.69) is 4.98 Å². The number of rotatable bonds is 6. The van der Waals surface area contributed by atoms with Crippen LogP contribution in [0.5, 0.6) is 5.75 Å². The summed E-state index contributed by atoms with van der Waals surface area (Å²) in [5.41, 5.74) is 1.32. The molecule has 0 spiro atoms. The number of benzene rings is 1. The van der Waals surface area contributed by atoms with Crippen molar-refractivity contribution in [3.63, 3.8) is 0 Å². The summed E-state index contributed by atoms with van der Waals surface area (Å²) < 4.78 is 5.51. The van der Waals surface area contributed by atoms with Crippen LogP contribution in [0, 0.1) is 0 Å². The van der Waals surface area contributed by atoms with E-state index >= 15 is 0 Å². The van der Waals surface area contributed by atoms with Gasteiger partial charge in [-0.3, -0.25) is 14.6 Å². The van der Waals surface area contributed by atoms with Gasteiger partial charge in [-0.15, -0.1) is 11.3 Å². The first-order chi connectivity index (χ1) is 14.6. The van der Waals surface area contributed by atoms with Crippen molar-refractivity contribution in [3.05, 3.63) is 87.9 Å². The number of hydrogen-bond acceptors (Lipinski definition) is 6. The van der Waals surface area contributed by atoms with Gasteiger partial charge in [0, 0.05) is 29.4 Å². The minimum Gasteiger partial charge on any atom is -0.507 e. The molecule has 0 radical (unpaired) electrons. The van der Waals surface area contributed by atoms with Gasteiger partial charge in [0.05, 0.1) is 18.2 Å². The molecule has 4 rings (SSSR count). The van der Waals surface area contributed by atoms with Crippen molar-refractivity contribution in [2.75, 3.05) is 6.61 Å². The normalized spacial score (nSPS) is 18.0. The number of aromatic nitrogens is 1. The fraction of sp³-hybridized carbons (Fsp3) is 0.174. The molecule has 1 atom stereocenters. The van der Waals surface area contributed by atoms with Crippen LogP contribution in [0.25, 0.3) is 5.76 Å². The number of likely N-dealkylation sites (tertiary alicyclic amines) is 1. The standard InChI is InChI=1S/C23H20N2O4S/c1-2-29-17-8-3-7-16(12-17)21(26)19-20(18-9-5-11-30-18)25(23(28)22(19)27)14-15-6-4-10-24-13-15/h3-13,20,26H,2,14H2,1H3/t20-/m0/s1. The lowest BCUT2D eigenvalue weighted by atomic mass is 9.99. The molecule has 1 amide bonds. The van der Waals surface area contributed by atoms with Crippen LogP contribution in [0.2, 0.25) is 0 Å². The highest BCUT2D eigenvalue weighted by molar-refractivity contribution is 7.10. The van der Waals surface area contributed by atoms with E-state index in [0.717, 1.165) is 10.4 Å². The largest absolute Gasteiger partial charge is 0.507 e. The van der Waals surface area contributed by atoms with Crippen molar-refractivity contribution < 1.29 is 19.4 Å². The first-order valence-corrected chi connectivity index (χ1v) is 10.4. The van der Waals surface area contributed by atoms with Crippen LogP contribution in [-0.2, 0) is 16.1 Å². The van der Waals surface area contributed by atoms with Crippen LogP contribution >= 0.6 is 11.3 Å². The highest BCUT2D eigenvalue weighted by Gasteiger charge is 2.46. The number of ketones is 1. The molecule has 1 saturated heterocycles. The zero-order valence-electron chi connectivity index (χ0n) is 16.3. The average molecular weight is 420 g/mol. The Bertz CT molecular complexity index is 1090. The lowest BCUT2D eigenvalue weighted by Gasteiger charge is -2.24. The van der Waals surface area contributed by atoms with Crippen LogP contribution in [0.3, 0.4) is 0 Å². The number of Topliss-reactive ketones (excluding diaryl/α,β-unsaturated/α-hetero) is 1. The molecule has 0 unspecified atom stereocenters. The van der Waals surface area contributed by atoms with Gasteiger partial charge in [0.1, 0.15) is 11.5 Å². The number of aliphatic hydroxyl groups is 1. The third-order valence-electron chi connectivity index (χ3n) is 4.85. The summed E-state index contributed by atoms with van der Waals surface area (Å²) in [5.74, 6) is -0.961. The number of ether oxygens (including phenoxy) is 1. The zero-order valence-corrected chi connectivity index (χ0v) is 17.1. The van der Waals surface area contributed by atoms with Crippen molar-refractivity contribution in [3.8, 4) is 5.75 Å². The van der Waals surface area contributed by atoms with Crippen LogP contribution in [0.15, 0.2) is 71.9 Å². The van der Waals surface area contributed by atoms with E-state index < -0.39 is 17.7 Å². The molecule has 1 N–H and O–H groups in total. The SMILES string of the molecule is CCOc1cccc(C(O)=C2C(=O)C(=O)N(Cc3cccnc3)[C@H]2c2cccs2)c1. The number of hydrogen-bond donors (Lipinski definition) is 1. The van der Waals surface area contributed by atoms with Gasteiger partial charge in [-0.1, -0.05) is 24.3 Å². The van der Waals surface area contributed by atoms with Gasteiger partial charge in [0.2, 0.25) is 0 Å². The van der Waals surface area contributed by atoms with Crippen molar-refractivity contribution >= 4 is 28.8 Å². The fourth-order valence-corrected chi connectivity index (χ4v) is 4.37. The van der Waals surface area contributed by atoms with Gasteiger partial charge < -0.3 is 14.7 Å². The monoisotopic (exact) mass is 420 g/mol. The summed E-state index contributed by atoms with van der Waals surface area (Å²) in [4.78, 5) is 32.3. The van der Waals surface area contributed by atoms with Crippen molar-refractivity contribution in [2.24, 2.45) is 0 Å². The topological polar surface area (TPSA) is 79.7 Å². The number of amides is 1. The van der Waals surface area contributed by atoms with E-state index in [9.17, 15) is 14.7 Å². The maximum absolute atomic E-state index is 13.0. The molecule has 2 aromatic heterocycles. The second-order valence-electron chi connectivity index (χ2n) is 6.76. The lowest BCUT2D eigenvalue weighted by Crippen LogP contribution is -2.28. The summed E-state index contributed by atoms with van der Waals surface area (Å²) >= 11 is 1.43.